The number of carbonyl (C=O) groups is 1. The number of amides is 1. The lowest BCUT2D eigenvalue weighted by Gasteiger charge is -2.07. The highest BCUT2D eigenvalue weighted by Crippen LogP contribution is 2.22. The van der Waals surface area contributed by atoms with Crippen molar-refractivity contribution < 1.29 is 18.3 Å². The molecule has 0 aliphatic carbocycles. The van der Waals surface area contributed by atoms with Gasteiger partial charge in [0.25, 0.3) is 0 Å². The first kappa shape index (κ1) is 20.3. The second-order valence-electron chi connectivity index (χ2n) is 6.65. The van der Waals surface area contributed by atoms with Crippen LogP contribution >= 0.6 is 0 Å². The van der Waals surface area contributed by atoms with E-state index in [1.165, 1.54) is 23.9 Å². The Balaban J connectivity index is 1.44. The van der Waals surface area contributed by atoms with Crippen molar-refractivity contribution in [1.29, 1.82) is 0 Å². The van der Waals surface area contributed by atoms with Gasteiger partial charge in [-0.1, -0.05) is 6.07 Å². The fourth-order valence-corrected chi connectivity index (χ4v) is 2.93. The van der Waals surface area contributed by atoms with Crippen LogP contribution in [0.3, 0.4) is 0 Å². The van der Waals surface area contributed by atoms with Gasteiger partial charge >= 0.3 is 0 Å². The predicted octanol–water partition coefficient (Wildman–Crippen LogP) is 4.88. The zero-order valence-corrected chi connectivity index (χ0v) is 16.4. The number of rotatable bonds is 8. The van der Waals surface area contributed by atoms with E-state index in [4.69, 9.17) is 9.15 Å². The summed E-state index contributed by atoms with van der Waals surface area (Å²) >= 11 is 0. The number of ether oxygens (including phenoxy) is 1. The van der Waals surface area contributed by atoms with Crippen molar-refractivity contribution in [2.45, 2.75) is 26.2 Å². The van der Waals surface area contributed by atoms with E-state index in [1.807, 2.05) is 25.1 Å². The van der Waals surface area contributed by atoms with Gasteiger partial charge in [-0.15, -0.1) is 0 Å². The second kappa shape index (κ2) is 9.68. The highest BCUT2D eigenvalue weighted by atomic mass is 19.1. The van der Waals surface area contributed by atoms with Gasteiger partial charge in [0.05, 0.1) is 13.3 Å². The SMILES string of the molecule is COc1ccc(CCCC(=O)N/N=C\c2ccc(-c3ccc(F)cc3)o2)c(C)c1. The van der Waals surface area contributed by atoms with Crippen LogP contribution in [0.25, 0.3) is 11.3 Å². The molecule has 1 N–H and O–H groups in total. The molecular formula is C23H23FN2O3. The minimum Gasteiger partial charge on any atom is -0.497 e. The van der Waals surface area contributed by atoms with E-state index in [9.17, 15) is 9.18 Å². The molecule has 150 valence electrons. The maximum atomic E-state index is 13.0. The minimum absolute atomic E-state index is 0.155. The standard InChI is InChI=1S/C23H23FN2O3/c1-16-14-20(28-2)11-8-17(16)4-3-5-23(27)26-25-15-21-12-13-22(29-21)18-6-9-19(24)10-7-18/h6-15H,3-5H2,1-2H3,(H,26,27)/b25-15-. The van der Waals surface area contributed by atoms with Gasteiger partial charge in [-0.3, -0.25) is 4.79 Å². The van der Waals surface area contributed by atoms with E-state index in [-0.39, 0.29) is 11.7 Å². The van der Waals surface area contributed by atoms with Gasteiger partial charge in [0.2, 0.25) is 5.91 Å². The highest BCUT2D eigenvalue weighted by Gasteiger charge is 2.05. The van der Waals surface area contributed by atoms with E-state index in [2.05, 4.69) is 10.5 Å². The largest absolute Gasteiger partial charge is 0.497 e. The summed E-state index contributed by atoms with van der Waals surface area (Å²) in [5, 5.41) is 3.93. The molecule has 3 rings (SSSR count). The molecule has 0 saturated heterocycles. The molecule has 0 spiro atoms. The summed E-state index contributed by atoms with van der Waals surface area (Å²) in [6.07, 6.45) is 3.36. The lowest BCUT2D eigenvalue weighted by molar-refractivity contribution is -0.121. The van der Waals surface area contributed by atoms with Gasteiger partial charge in [0.15, 0.2) is 0 Å². The molecule has 0 unspecified atom stereocenters. The molecule has 0 aliphatic heterocycles. The van der Waals surface area contributed by atoms with E-state index >= 15 is 0 Å². The van der Waals surface area contributed by atoms with Crippen LogP contribution in [0.15, 0.2) is 64.1 Å². The summed E-state index contributed by atoms with van der Waals surface area (Å²) in [7, 11) is 1.64. The van der Waals surface area contributed by atoms with Gasteiger partial charge in [0.1, 0.15) is 23.1 Å². The number of hydrazone groups is 1. The molecule has 0 atom stereocenters. The van der Waals surface area contributed by atoms with Gasteiger partial charge in [0, 0.05) is 12.0 Å². The van der Waals surface area contributed by atoms with Crippen molar-refractivity contribution in [3.63, 3.8) is 0 Å². The first-order valence-electron chi connectivity index (χ1n) is 9.36. The van der Waals surface area contributed by atoms with Crippen LogP contribution in [0.2, 0.25) is 0 Å². The molecule has 0 fully saturated rings. The Morgan fingerprint density at radius 2 is 1.97 bits per heavy atom. The Hall–Kier alpha value is -3.41. The van der Waals surface area contributed by atoms with Crippen molar-refractivity contribution >= 4 is 12.1 Å². The van der Waals surface area contributed by atoms with Crippen LogP contribution in [0.1, 0.15) is 29.7 Å². The topological polar surface area (TPSA) is 63.8 Å². The van der Waals surface area contributed by atoms with Crippen LogP contribution in [0, 0.1) is 12.7 Å². The molecule has 0 bridgehead atoms. The highest BCUT2D eigenvalue weighted by molar-refractivity contribution is 5.81. The zero-order chi connectivity index (χ0) is 20.6. The third-order valence-electron chi connectivity index (χ3n) is 4.54. The van der Waals surface area contributed by atoms with Crippen molar-refractivity contribution in [3.8, 4) is 17.1 Å². The average Bonchev–Trinajstić information content (AvgIpc) is 3.18. The third-order valence-corrected chi connectivity index (χ3v) is 4.54. The Labute approximate surface area is 169 Å². The summed E-state index contributed by atoms with van der Waals surface area (Å²) in [4.78, 5) is 12.0. The number of hydrogen-bond acceptors (Lipinski definition) is 4. The number of halogens is 1. The zero-order valence-electron chi connectivity index (χ0n) is 16.4. The van der Waals surface area contributed by atoms with Crippen LogP contribution in [-0.2, 0) is 11.2 Å². The van der Waals surface area contributed by atoms with Gasteiger partial charge < -0.3 is 9.15 Å². The van der Waals surface area contributed by atoms with Crippen LogP contribution in [0.4, 0.5) is 4.39 Å². The monoisotopic (exact) mass is 394 g/mol. The number of hydrogen-bond donors (Lipinski definition) is 1. The van der Waals surface area contributed by atoms with E-state index in [0.717, 1.165) is 29.7 Å². The Kier molecular flexibility index (Phi) is 6.79. The molecule has 29 heavy (non-hydrogen) atoms. The first-order chi connectivity index (χ1) is 14.0. The molecule has 1 aromatic heterocycles. The predicted molar refractivity (Wildman–Crippen MR) is 111 cm³/mol. The quantitative estimate of drug-likeness (QED) is 0.438. The van der Waals surface area contributed by atoms with Crippen LogP contribution in [-0.4, -0.2) is 19.2 Å². The first-order valence-corrected chi connectivity index (χ1v) is 9.36. The summed E-state index contributed by atoms with van der Waals surface area (Å²) < 4.78 is 23.8. The van der Waals surface area contributed by atoms with E-state index in [1.54, 1.807) is 31.4 Å². The Bertz CT molecular complexity index is 994. The van der Waals surface area contributed by atoms with Crippen molar-refractivity contribution in [2.24, 2.45) is 5.10 Å². The third kappa shape index (κ3) is 5.78. The normalized spacial score (nSPS) is 11.0. The van der Waals surface area contributed by atoms with Crippen LogP contribution in [0.5, 0.6) is 5.75 Å². The molecule has 1 amide bonds. The molecule has 0 radical (unpaired) electrons. The fraction of sp³-hybridized carbons (Fsp3) is 0.217. The van der Waals surface area contributed by atoms with E-state index in [0.29, 0.717) is 17.9 Å². The number of methoxy groups -OCH3 is 1. The molecule has 6 heteroatoms. The molecular weight excluding hydrogens is 371 g/mol. The maximum absolute atomic E-state index is 13.0. The minimum atomic E-state index is -0.299. The summed E-state index contributed by atoms with van der Waals surface area (Å²) in [5.41, 5.74) is 5.63. The number of aryl methyl sites for hydroxylation is 2. The Morgan fingerprint density at radius 3 is 2.69 bits per heavy atom. The molecule has 0 aliphatic rings. The molecule has 0 saturated carbocycles. The lowest BCUT2D eigenvalue weighted by Crippen LogP contribution is -2.17. The summed E-state index contributed by atoms with van der Waals surface area (Å²) in [6, 6.07) is 15.5. The van der Waals surface area contributed by atoms with Crippen molar-refractivity contribution in [3.05, 3.63) is 77.3 Å². The number of nitrogens with one attached hydrogen (secondary N) is 1. The second-order valence-corrected chi connectivity index (χ2v) is 6.65. The number of carbonyl (C=O) groups excluding carboxylic acids is 1. The Morgan fingerprint density at radius 1 is 1.17 bits per heavy atom. The average molecular weight is 394 g/mol. The molecule has 1 heterocycles. The summed E-state index contributed by atoms with van der Waals surface area (Å²) in [5.74, 6) is 1.48. The van der Waals surface area contributed by atoms with Gasteiger partial charge in [-0.05, 0) is 79.4 Å². The van der Waals surface area contributed by atoms with Gasteiger partial charge in [-0.25, -0.2) is 9.82 Å². The fourth-order valence-electron chi connectivity index (χ4n) is 2.93. The maximum Gasteiger partial charge on any atom is 0.240 e. The van der Waals surface area contributed by atoms with Gasteiger partial charge in [-0.2, -0.15) is 5.10 Å². The molecule has 3 aromatic rings. The van der Waals surface area contributed by atoms with Crippen molar-refractivity contribution in [2.75, 3.05) is 7.11 Å². The number of furan rings is 1. The number of nitrogens with zero attached hydrogens (tertiary/aromatic N) is 1. The smallest absolute Gasteiger partial charge is 0.240 e. The van der Waals surface area contributed by atoms with E-state index < -0.39 is 0 Å². The lowest BCUT2D eigenvalue weighted by atomic mass is 10.0. The number of benzene rings is 2. The molecule has 5 nitrogen and oxygen atoms in total. The summed E-state index contributed by atoms with van der Waals surface area (Å²) in [6.45, 7) is 2.03. The van der Waals surface area contributed by atoms with Crippen LogP contribution < -0.4 is 10.2 Å². The van der Waals surface area contributed by atoms with Crippen molar-refractivity contribution in [1.82, 2.24) is 5.43 Å². The molecule has 2 aromatic carbocycles.